The molecule has 126 valence electrons. The van der Waals surface area contributed by atoms with Gasteiger partial charge in [-0.2, -0.15) is 0 Å². The van der Waals surface area contributed by atoms with Gasteiger partial charge in [0.1, 0.15) is 10.9 Å². The highest BCUT2D eigenvalue weighted by molar-refractivity contribution is 7.20. The SMILES string of the molecule is Cc1c(C(C)O)sc2c(N(Cc3ccco3)C(=O)O)cc(Cl)nc12. The van der Waals surface area contributed by atoms with Gasteiger partial charge in [0.2, 0.25) is 0 Å². The lowest BCUT2D eigenvalue weighted by molar-refractivity contribution is 0.200. The maximum absolute atomic E-state index is 11.8. The molecule has 1 amide bonds. The number of rotatable bonds is 4. The average Bonchev–Trinajstić information content (AvgIpc) is 3.12. The number of pyridine rings is 1. The predicted molar refractivity (Wildman–Crippen MR) is 92.9 cm³/mol. The summed E-state index contributed by atoms with van der Waals surface area (Å²) in [6.45, 7) is 3.56. The molecule has 0 aliphatic rings. The minimum Gasteiger partial charge on any atom is -0.467 e. The molecular formula is C16H15ClN2O4S. The molecule has 0 aliphatic carbocycles. The van der Waals surface area contributed by atoms with E-state index >= 15 is 0 Å². The Morgan fingerprint density at radius 1 is 1.54 bits per heavy atom. The summed E-state index contributed by atoms with van der Waals surface area (Å²) < 4.78 is 5.92. The number of fused-ring (bicyclic) bond motifs is 1. The number of aliphatic hydroxyl groups excluding tert-OH is 1. The summed E-state index contributed by atoms with van der Waals surface area (Å²) in [5, 5.41) is 19.8. The van der Waals surface area contributed by atoms with E-state index < -0.39 is 12.2 Å². The predicted octanol–water partition coefficient (Wildman–Crippen LogP) is 4.59. The van der Waals surface area contributed by atoms with Gasteiger partial charge in [0.25, 0.3) is 0 Å². The van der Waals surface area contributed by atoms with Gasteiger partial charge in [-0.05, 0) is 31.5 Å². The van der Waals surface area contributed by atoms with Crippen LogP contribution in [0.25, 0.3) is 10.2 Å². The van der Waals surface area contributed by atoms with Gasteiger partial charge in [0, 0.05) is 10.9 Å². The van der Waals surface area contributed by atoms with Crippen LogP contribution in [0.3, 0.4) is 0 Å². The highest BCUT2D eigenvalue weighted by atomic mass is 35.5. The third kappa shape index (κ3) is 2.98. The number of furan rings is 1. The molecule has 1 unspecified atom stereocenters. The van der Waals surface area contributed by atoms with Crippen LogP contribution in [0.2, 0.25) is 5.15 Å². The summed E-state index contributed by atoms with van der Waals surface area (Å²) in [7, 11) is 0. The van der Waals surface area contributed by atoms with E-state index in [1.807, 2.05) is 6.92 Å². The minimum atomic E-state index is -1.13. The van der Waals surface area contributed by atoms with Crippen molar-refractivity contribution >= 4 is 44.9 Å². The van der Waals surface area contributed by atoms with Crippen LogP contribution in [0.15, 0.2) is 28.9 Å². The second kappa shape index (κ2) is 6.43. The van der Waals surface area contributed by atoms with Crippen molar-refractivity contribution in [3.05, 3.63) is 45.8 Å². The van der Waals surface area contributed by atoms with Crippen LogP contribution in [0.5, 0.6) is 0 Å². The molecule has 0 fully saturated rings. The van der Waals surface area contributed by atoms with Gasteiger partial charge in [0.05, 0.1) is 34.8 Å². The largest absolute Gasteiger partial charge is 0.467 e. The molecular weight excluding hydrogens is 352 g/mol. The van der Waals surface area contributed by atoms with E-state index in [-0.39, 0.29) is 11.7 Å². The Bertz CT molecular complexity index is 889. The maximum Gasteiger partial charge on any atom is 0.412 e. The maximum atomic E-state index is 11.8. The molecule has 0 aromatic carbocycles. The Balaban J connectivity index is 2.18. The van der Waals surface area contributed by atoms with Gasteiger partial charge in [-0.25, -0.2) is 9.78 Å². The first kappa shape index (κ1) is 16.8. The molecule has 0 spiro atoms. The number of carbonyl (C=O) groups is 1. The minimum absolute atomic E-state index is 0.0543. The van der Waals surface area contributed by atoms with Crippen LogP contribution in [0.1, 0.15) is 29.2 Å². The highest BCUT2D eigenvalue weighted by Gasteiger charge is 2.24. The van der Waals surface area contributed by atoms with Crippen LogP contribution in [-0.2, 0) is 6.54 Å². The van der Waals surface area contributed by atoms with Crippen molar-refractivity contribution in [2.75, 3.05) is 4.90 Å². The van der Waals surface area contributed by atoms with Crippen LogP contribution in [-0.4, -0.2) is 21.3 Å². The summed E-state index contributed by atoms with van der Waals surface area (Å²) in [4.78, 5) is 18.0. The van der Waals surface area contributed by atoms with Gasteiger partial charge < -0.3 is 14.6 Å². The average molecular weight is 367 g/mol. The zero-order chi connectivity index (χ0) is 17.4. The molecule has 3 rings (SSSR count). The normalized spacial score (nSPS) is 12.5. The fourth-order valence-electron chi connectivity index (χ4n) is 2.56. The van der Waals surface area contributed by atoms with E-state index in [1.165, 1.54) is 23.7 Å². The monoisotopic (exact) mass is 366 g/mol. The van der Waals surface area contributed by atoms with E-state index in [0.29, 0.717) is 21.7 Å². The molecule has 0 aliphatic heterocycles. The van der Waals surface area contributed by atoms with Gasteiger partial charge in [-0.15, -0.1) is 11.3 Å². The van der Waals surface area contributed by atoms with Gasteiger partial charge >= 0.3 is 6.09 Å². The fourth-order valence-corrected chi connectivity index (χ4v) is 3.96. The molecule has 0 bridgehead atoms. The summed E-state index contributed by atoms with van der Waals surface area (Å²) in [5.41, 5.74) is 1.83. The van der Waals surface area contributed by atoms with Crippen molar-refractivity contribution < 1.29 is 19.4 Å². The van der Waals surface area contributed by atoms with Crippen LogP contribution in [0, 0.1) is 6.92 Å². The van der Waals surface area contributed by atoms with Crippen molar-refractivity contribution in [1.82, 2.24) is 4.98 Å². The molecule has 0 saturated carbocycles. The number of hydrogen-bond donors (Lipinski definition) is 2. The third-order valence-corrected chi connectivity index (χ3v) is 5.32. The lowest BCUT2D eigenvalue weighted by Crippen LogP contribution is -2.28. The van der Waals surface area contributed by atoms with Crippen LogP contribution < -0.4 is 4.90 Å². The number of nitrogens with zero attached hydrogens (tertiary/aromatic N) is 2. The van der Waals surface area contributed by atoms with Gasteiger partial charge in [0.15, 0.2) is 0 Å². The number of thiophene rings is 1. The first-order chi connectivity index (χ1) is 11.4. The molecule has 0 radical (unpaired) electrons. The highest BCUT2D eigenvalue weighted by Crippen LogP contribution is 2.40. The zero-order valence-electron chi connectivity index (χ0n) is 13.0. The van der Waals surface area contributed by atoms with E-state index in [0.717, 1.165) is 15.3 Å². The molecule has 1 atom stereocenters. The van der Waals surface area contributed by atoms with Crippen molar-refractivity contribution in [3.63, 3.8) is 0 Å². The molecule has 0 saturated heterocycles. The molecule has 3 aromatic rings. The number of aryl methyl sites for hydroxylation is 1. The first-order valence-electron chi connectivity index (χ1n) is 7.19. The number of aromatic nitrogens is 1. The molecule has 3 aromatic heterocycles. The van der Waals surface area contributed by atoms with E-state index in [1.54, 1.807) is 19.1 Å². The second-order valence-corrected chi connectivity index (χ2v) is 6.80. The summed E-state index contributed by atoms with van der Waals surface area (Å²) in [5.74, 6) is 0.516. The summed E-state index contributed by atoms with van der Waals surface area (Å²) >= 11 is 7.42. The first-order valence-corrected chi connectivity index (χ1v) is 8.38. The number of hydrogen-bond acceptors (Lipinski definition) is 5. The lowest BCUT2D eigenvalue weighted by atomic mass is 10.2. The van der Waals surface area contributed by atoms with Crippen molar-refractivity contribution in [1.29, 1.82) is 0 Å². The molecule has 6 nitrogen and oxygen atoms in total. The van der Waals surface area contributed by atoms with Crippen molar-refractivity contribution in [2.45, 2.75) is 26.5 Å². The van der Waals surface area contributed by atoms with Crippen molar-refractivity contribution in [2.24, 2.45) is 0 Å². The smallest absolute Gasteiger partial charge is 0.412 e. The zero-order valence-corrected chi connectivity index (χ0v) is 14.6. The lowest BCUT2D eigenvalue weighted by Gasteiger charge is -2.19. The second-order valence-electron chi connectivity index (χ2n) is 5.36. The number of amides is 1. The fraction of sp³-hybridized carbons (Fsp3) is 0.250. The summed E-state index contributed by atoms with van der Waals surface area (Å²) in [6.07, 6.45) is -0.301. The van der Waals surface area contributed by atoms with Crippen molar-refractivity contribution in [3.8, 4) is 0 Å². The standard InChI is InChI=1S/C16H15ClN2O4S/c1-8-13-15(24-14(8)9(2)20)11(6-12(17)18-13)19(16(21)22)7-10-4-3-5-23-10/h3-6,9,20H,7H2,1-2H3,(H,21,22). The number of anilines is 1. The number of aliphatic hydroxyl groups is 1. The molecule has 2 N–H and O–H groups in total. The number of carboxylic acid groups (broad SMARTS) is 1. The quantitative estimate of drug-likeness (QED) is 0.659. The number of halogens is 1. The summed E-state index contributed by atoms with van der Waals surface area (Å²) in [6, 6.07) is 4.92. The molecule has 3 heterocycles. The Labute approximate surface area is 146 Å². The van der Waals surface area contributed by atoms with E-state index in [9.17, 15) is 15.0 Å². The van der Waals surface area contributed by atoms with Crippen LogP contribution >= 0.6 is 22.9 Å². The van der Waals surface area contributed by atoms with E-state index in [2.05, 4.69) is 4.98 Å². The van der Waals surface area contributed by atoms with Gasteiger partial charge in [-0.1, -0.05) is 11.6 Å². The molecule has 24 heavy (non-hydrogen) atoms. The Morgan fingerprint density at radius 2 is 2.29 bits per heavy atom. The Morgan fingerprint density at radius 3 is 2.88 bits per heavy atom. The van der Waals surface area contributed by atoms with Gasteiger partial charge in [-0.3, -0.25) is 4.90 Å². The van der Waals surface area contributed by atoms with E-state index in [4.69, 9.17) is 16.0 Å². The third-order valence-electron chi connectivity index (χ3n) is 3.65. The Hall–Kier alpha value is -2.09. The molecule has 8 heteroatoms. The topological polar surface area (TPSA) is 86.8 Å². The van der Waals surface area contributed by atoms with Crippen LogP contribution in [0.4, 0.5) is 10.5 Å². The Kier molecular flexibility index (Phi) is 4.49.